The number of amides is 2. The lowest BCUT2D eigenvalue weighted by Crippen LogP contribution is -2.37. The van der Waals surface area contributed by atoms with Gasteiger partial charge >= 0.3 is 6.03 Å². The van der Waals surface area contributed by atoms with E-state index in [9.17, 15) is 13.6 Å². The second-order valence-corrected chi connectivity index (χ2v) is 9.90. The molecule has 5 rings (SSSR count). The van der Waals surface area contributed by atoms with Gasteiger partial charge < -0.3 is 19.5 Å². The quantitative estimate of drug-likeness (QED) is 0.416. The second kappa shape index (κ2) is 9.70. The Morgan fingerprint density at radius 1 is 1.18 bits per heavy atom. The van der Waals surface area contributed by atoms with Gasteiger partial charge in [0.15, 0.2) is 16.9 Å². The van der Waals surface area contributed by atoms with Crippen LogP contribution in [0, 0.1) is 0 Å². The Bertz CT molecular complexity index is 1180. The molecule has 0 radical (unpaired) electrons. The first-order chi connectivity index (χ1) is 16.5. The number of benzene rings is 1. The van der Waals surface area contributed by atoms with Crippen molar-refractivity contribution in [3.05, 3.63) is 42.4 Å². The molecule has 1 aromatic carbocycles. The van der Waals surface area contributed by atoms with Gasteiger partial charge in [-0.05, 0) is 37.1 Å². The minimum atomic E-state index is -1.90. The fourth-order valence-electron chi connectivity index (χ4n) is 3.84. The third-order valence-corrected chi connectivity index (χ3v) is 7.21. The second-order valence-electron chi connectivity index (χ2n) is 8.18. The molecule has 3 heterocycles. The Morgan fingerprint density at radius 3 is 2.59 bits per heavy atom. The fourth-order valence-corrected chi connectivity index (χ4v) is 5.18. The number of carbonyl (C=O) groups is 1. The molecule has 2 fully saturated rings. The zero-order valence-corrected chi connectivity index (χ0v) is 19.8. The number of hydrogen-bond donors (Lipinski definition) is 3. The molecule has 13 heteroatoms. The fraction of sp³-hybridized carbons (Fsp3) is 0.381. The molecule has 3 aromatic rings. The molecule has 34 heavy (non-hydrogen) atoms. The number of rotatable bonds is 7. The van der Waals surface area contributed by atoms with E-state index >= 15 is 0 Å². The average Bonchev–Trinajstić information content (AvgIpc) is 3.44. The molecular formula is C21H23N7O4S2. The van der Waals surface area contributed by atoms with Gasteiger partial charge in [0.25, 0.3) is 0 Å². The molecule has 2 aromatic heterocycles. The number of urea groups is 1. The van der Waals surface area contributed by atoms with Crippen molar-refractivity contribution < 1.29 is 18.3 Å². The van der Waals surface area contributed by atoms with Crippen LogP contribution in [0.15, 0.2) is 36.7 Å². The molecule has 3 N–H and O–H groups in total. The molecule has 1 unspecified atom stereocenters. The lowest BCUT2D eigenvalue weighted by Gasteiger charge is -2.29. The predicted molar refractivity (Wildman–Crippen MR) is 130 cm³/mol. The van der Waals surface area contributed by atoms with Crippen molar-refractivity contribution in [2.24, 2.45) is 0 Å². The molecule has 11 nitrogen and oxygen atoms in total. The number of anilines is 3. The molecule has 2 aliphatic rings. The molecule has 2 amide bonds. The van der Waals surface area contributed by atoms with Gasteiger partial charge in [-0.2, -0.15) is 4.37 Å². The Morgan fingerprint density at radius 2 is 1.94 bits per heavy atom. The van der Waals surface area contributed by atoms with Crippen LogP contribution < -0.4 is 15.5 Å². The summed E-state index contributed by atoms with van der Waals surface area (Å²) in [6.45, 7) is 2.70. The van der Waals surface area contributed by atoms with E-state index in [4.69, 9.17) is 14.7 Å². The Labute approximate surface area is 202 Å². The van der Waals surface area contributed by atoms with E-state index in [0.717, 1.165) is 54.5 Å². The van der Waals surface area contributed by atoms with Crippen LogP contribution in [-0.2, 0) is 21.2 Å². The van der Waals surface area contributed by atoms with Gasteiger partial charge in [0.05, 0.1) is 24.7 Å². The minimum Gasteiger partial charge on any atom is -0.378 e. The highest BCUT2D eigenvalue weighted by atomic mass is 32.2. The predicted octanol–water partition coefficient (Wildman–Crippen LogP) is 2.73. The first kappa shape index (κ1) is 22.8. The van der Waals surface area contributed by atoms with Crippen molar-refractivity contribution in [2.45, 2.75) is 18.3 Å². The van der Waals surface area contributed by atoms with Gasteiger partial charge in [0, 0.05) is 47.4 Å². The van der Waals surface area contributed by atoms with Crippen molar-refractivity contribution in [2.75, 3.05) is 47.6 Å². The summed E-state index contributed by atoms with van der Waals surface area (Å²) in [6, 6.07) is 8.76. The van der Waals surface area contributed by atoms with Crippen LogP contribution >= 0.6 is 11.5 Å². The molecule has 178 valence electrons. The van der Waals surface area contributed by atoms with Crippen LogP contribution in [0.25, 0.3) is 11.4 Å². The maximum Gasteiger partial charge on any atom is 0.325 e. The summed E-state index contributed by atoms with van der Waals surface area (Å²) in [5, 5.41) is 5.78. The van der Waals surface area contributed by atoms with E-state index in [2.05, 4.69) is 24.9 Å². The Kier molecular flexibility index (Phi) is 6.50. The number of nitrogens with one attached hydrogen (secondary N) is 2. The third kappa shape index (κ3) is 5.22. The van der Waals surface area contributed by atoms with Crippen molar-refractivity contribution >= 4 is 45.3 Å². The molecule has 1 saturated heterocycles. The molecule has 1 atom stereocenters. The van der Waals surface area contributed by atoms with Crippen molar-refractivity contribution in [1.82, 2.24) is 19.3 Å². The zero-order chi connectivity index (χ0) is 23.5. The van der Waals surface area contributed by atoms with E-state index in [1.165, 1.54) is 6.33 Å². The highest BCUT2D eigenvalue weighted by molar-refractivity contribution is 7.79. The van der Waals surface area contributed by atoms with Gasteiger partial charge in [0.2, 0.25) is 5.13 Å². The number of carbonyl (C=O) groups excluding carboxylic acids is 1. The molecule has 1 saturated carbocycles. The topological polar surface area (TPSA) is 142 Å². The summed E-state index contributed by atoms with van der Waals surface area (Å²) in [4.78, 5) is 27.8. The number of nitrogens with zero attached hydrogens (tertiary/aromatic N) is 5. The first-order valence-electron chi connectivity index (χ1n) is 10.8. The van der Waals surface area contributed by atoms with Crippen LogP contribution in [0.4, 0.5) is 21.4 Å². The van der Waals surface area contributed by atoms with Crippen molar-refractivity contribution in [3.63, 3.8) is 0 Å². The van der Waals surface area contributed by atoms with Gasteiger partial charge in [0.1, 0.15) is 12.1 Å². The summed E-state index contributed by atoms with van der Waals surface area (Å²) in [5.41, 5.74) is 1.79. The molecule has 1 aliphatic heterocycles. The maximum atomic E-state index is 12.1. The third-order valence-electron chi connectivity index (χ3n) is 5.83. The monoisotopic (exact) mass is 501 g/mol. The largest absolute Gasteiger partial charge is 0.378 e. The van der Waals surface area contributed by atoms with Crippen LogP contribution in [0.5, 0.6) is 0 Å². The van der Waals surface area contributed by atoms with E-state index in [-0.39, 0.29) is 11.2 Å². The number of morpholine rings is 1. The molecule has 0 bridgehead atoms. The van der Waals surface area contributed by atoms with E-state index in [0.29, 0.717) is 29.9 Å². The number of hydrogen-bond acceptors (Lipinski definition) is 9. The highest BCUT2D eigenvalue weighted by Crippen LogP contribution is 2.48. The summed E-state index contributed by atoms with van der Waals surface area (Å²) >= 11 is -0.814. The van der Waals surface area contributed by atoms with E-state index in [1.807, 2.05) is 18.2 Å². The molecule has 0 spiro atoms. The first-order valence-corrected chi connectivity index (χ1v) is 12.8. The van der Waals surface area contributed by atoms with Crippen molar-refractivity contribution in [3.8, 4) is 11.4 Å². The maximum absolute atomic E-state index is 12.1. The summed E-state index contributed by atoms with van der Waals surface area (Å²) < 4.78 is 30.4. The molecule has 1 aliphatic carbocycles. The lowest BCUT2D eigenvalue weighted by molar-refractivity contribution is 0.122. The Balaban J connectivity index is 1.40. The van der Waals surface area contributed by atoms with Crippen LogP contribution in [0.2, 0.25) is 0 Å². The van der Waals surface area contributed by atoms with Crippen LogP contribution in [-0.4, -0.2) is 66.2 Å². The lowest BCUT2D eigenvalue weighted by atomic mass is 10.0. The standard InChI is InChI=1S/C21H23N7O4S2/c29-19(27-20-22-13-23-33-20)24-15-3-1-14(2-4-15)18-25-16(21(5-6-21)12-34(30)31)11-17(26-18)28-7-9-32-10-8-28/h1-4,11,13H,5-10,12H2,(H,30,31)(H2,22,23,24,27,29). The van der Waals surface area contributed by atoms with Gasteiger partial charge in [-0.1, -0.05) is 0 Å². The number of ether oxygens (including phenoxy) is 1. The normalized spacial score (nSPS) is 17.7. The average molecular weight is 502 g/mol. The van der Waals surface area contributed by atoms with Gasteiger partial charge in [-0.25, -0.2) is 24.0 Å². The van der Waals surface area contributed by atoms with Gasteiger partial charge in [-0.3, -0.25) is 5.32 Å². The van der Waals surface area contributed by atoms with Crippen LogP contribution in [0.3, 0.4) is 0 Å². The highest BCUT2D eigenvalue weighted by Gasteiger charge is 2.47. The van der Waals surface area contributed by atoms with Gasteiger partial charge in [-0.15, -0.1) is 0 Å². The number of aromatic nitrogens is 4. The SMILES string of the molecule is O=C(Nc1ccc(-c2nc(N3CCOCC3)cc(C3(CS(=O)O)CC3)n2)cc1)Nc1ncns1. The van der Waals surface area contributed by atoms with Crippen LogP contribution in [0.1, 0.15) is 18.5 Å². The minimum absolute atomic E-state index is 0.165. The summed E-state index contributed by atoms with van der Waals surface area (Å²) in [6.07, 6.45) is 3.02. The zero-order valence-electron chi connectivity index (χ0n) is 18.1. The van der Waals surface area contributed by atoms with E-state index < -0.39 is 17.1 Å². The summed E-state index contributed by atoms with van der Waals surface area (Å²) in [7, 11) is 0. The Hall–Kier alpha value is -3.00. The van der Waals surface area contributed by atoms with Crippen molar-refractivity contribution in [1.29, 1.82) is 0 Å². The van der Waals surface area contributed by atoms with E-state index in [1.54, 1.807) is 12.1 Å². The summed E-state index contributed by atoms with van der Waals surface area (Å²) in [5.74, 6) is 1.49. The molecular weight excluding hydrogens is 478 g/mol. The smallest absolute Gasteiger partial charge is 0.325 e.